The molecule has 1 aliphatic heterocycles. The van der Waals surface area contributed by atoms with Gasteiger partial charge in [-0.25, -0.2) is 0 Å². The van der Waals surface area contributed by atoms with E-state index in [9.17, 15) is 10.0 Å². The van der Waals surface area contributed by atoms with Gasteiger partial charge in [-0.1, -0.05) is 24.6 Å². The summed E-state index contributed by atoms with van der Waals surface area (Å²) in [7, 11) is 0. The van der Waals surface area contributed by atoms with Crippen LogP contribution in [0.25, 0.3) is 0 Å². The van der Waals surface area contributed by atoms with Gasteiger partial charge in [-0.05, 0) is 68.1 Å². The monoisotopic (exact) mass is 316 g/mol. The van der Waals surface area contributed by atoms with Crippen LogP contribution in [0, 0.1) is 28.6 Å². The van der Waals surface area contributed by atoms with E-state index < -0.39 is 0 Å². The molecule has 4 heteroatoms. The van der Waals surface area contributed by atoms with Crippen LogP contribution in [-0.4, -0.2) is 23.4 Å². The van der Waals surface area contributed by atoms with Crippen LogP contribution in [-0.2, 0) is 4.79 Å². The maximum absolute atomic E-state index is 11.9. The zero-order valence-electron chi connectivity index (χ0n) is 14.3. The maximum atomic E-state index is 11.9. The van der Waals surface area contributed by atoms with Crippen LogP contribution in [0.5, 0.6) is 0 Å². The first-order valence-corrected chi connectivity index (χ1v) is 9.19. The van der Waals surface area contributed by atoms with Gasteiger partial charge in [0.15, 0.2) is 0 Å². The number of nitrogens with one attached hydrogen (secondary N) is 1. The second-order valence-electron chi connectivity index (χ2n) is 8.59. The fraction of sp³-hybridized carbons (Fsp3) is 0.789. The summed E-state index contributed by atoms with van der Waals surface area (Å²) >= 11 is 0. The molecule has 0 radical (unpaired) electrons. The Morgan fingerprint density at radius 1 is 1.13 bits per heavy atom. The van der Waals surface area contributed by atoms with Gasteiger partial charge >= 0.3 is 0 Å². The van der Waals surface area contributed by atoms with Crippen LogP contribution < -0.4 is 5.32 Å². The van der Waals surface area contributed by atoms with Crippen LogP contribution in [0.3, 0.4) is 0 Å². The Morgan fingerprint density at radius 3 is 2.70 bits per heavy atom. The summed E-state index contributed by atoms with van der Waals surface area (Å²) in [5.41, 5.74) is 2.69. The number of carbonyl (C=O) groups is 1. The normalized spacial score (nSPS) is 47.9. The van der Waals surface area contributed by atoms with Crippen molar-refractivity contribution >= 4 is 11.6 Å². The molecule has 2 N–H and O–H groups in total. The molecule has 0 aromatic rings. The Labute approximate surface area is 138 Å². The van der Waals surface area contributed by atoms with Gasteiger partial charge in [0, 0.05) is 18.0 Å². The van der Waals surface area contributed by atoms with Crippen molar-refractivity contribution in [2.45, 2.75) is 58.8 Å². The van der Waals surface area contributed by atoms with Gasteiger partial charge in [0.25, 0.3) is 0 Å². The lowest BCUT2D eigenvalue weighted by Crippen LogP contribution is -2.50. The highest BCUT2D eigenvalue weighted by atomic mass is 16.4. The summed E-state index contributed by atoms with van der Waals surface area (Å²) in [5.74, 6) is 2.13. The predicted molar refractivity (Wildman–Crippen MR) is 89.3 cm³/mol. The molecular weight excluding hydrogens is 288 g/mol. The molecule has 23 heavy (non-hydrogen) atoms. The molecule has 0 aromatic heterocycles. The van der Waals surface area contributed by atoms with Crippen LogP contribution in [0.4, 0.5) is 0 Å². The van der Waals surface area contributed by atoms with E-state index in [1.54, 1.807) is 0 Å². The van der Waals surface area contributed by atoms with Crippen LogP contribution >= 0.6 is 0 Å². The number of hydrogen-bond acceptors (Lipinski definition) is 3. The summed E-state index contributed by atoms with van der Waals surface area (Å²) in [6.07, 6.45) is 9.66. The second kappa shape index (κ2) is 5.09. The summed E-state index contributed by atoms with van der Waals surface area (Å²) in [5, 5.41) is 16.1. The standard InChI is InChI=1S/C19H28N2O2/c1-18-9-10-20-17(22)11-12(18)3-4-13-14-5-6-16(21-23)19(14,2)8-7-15(13)18/h11,13-15,23H,3-10H2,1-2H3,(H,20,22)/b21-16+/t13-,14-,15-,18-,19-/m0/s1. The Kier molecular flexibility index (Phi) is 3.37. The largest absolute Gasteiger partial charge is 0.411 e. The lowest BCUT2D eigenvalue weighted by molar-refractivity contribution is -0.116. The molecule has 0 unspecified atom stereocenters. The predicted octanol–water partition coefficient (Wildman–Crippen LogP) is 3.51. The number of amides is 1. The lowest BCUT2D eigenvalue weighted by Gasteiger charge is -2.56. The minimum absolute atomic E-state index is 0.0957. The molecule has 1 heterocycles. The molecule has 0 aromatic carbocycles. The minimum Gasteiger partial charge on any atom is -0.411 e. The van der Waals surface area contributed by atoms with E-state index in [2.05, 4.69) is 24.3 Å². The van der Waals surface area contributed by atoms with Crippen molar-refractivity contribution in [3.63, 3.8) is 0 Å². The maximum Gasteiger partial charge on any atom is 0.243 e. The Hall–Kier alpha value is -1.32. The van der Waals surface area contributed by atoms with Gasteiger partial charge < -0.3 is 10.5 Å². The van der Waals surface area contributed by atoms with Gasteiger partial charge in [0.1, 0.15) is 0 Å². The highest BCUT2D eigenvalue weighted by molar-refractivity contribution is 5.92. The molecule has 4 rings (SSSR count). The molecule has 3 aliphatic carbocycles. The fourth-order valence-electron chi connectivity index (χ4n) is 6.52. The van der Waals surface area contributed by atoms with Crippen LogP contribution in [0.2, 0.25) is 0 Å². The first-order chi connectivity index (χ1) is 11.0. The van der Waals surface area contributed by atoms with Gasteiger partial charge in [-0.3, -0.25) is 4.79 Å². The van der Waals surface area contributed by atoms with E-state index in [4.69, 9.17) is 0 Å². The Morgan fingerprint density at radius 2 is 1.91 bits per heavy atom. The van der Waals surface area contributed by atoms with Crippen LogP contribution in [0.15, 0.2) is 16.8 Å². The molecule has 5 atom stereocenters. The third-order valence-electron chi connectivity index (χ3n) is 7.85. The van der Waals surface area contributed by atoms with Crippen molar-refractivity contribution in [3.05, 3.63) is 11.6 Å². The topological polar surface area (TPSA) is 61.7 Å². The van der Waals surface area contributed by atoms with Crippen molar-refractivity contribution in [1.82, 2.24) is 5.32 Å². The van der Waals surface area contributed by atoms with Gasteiger partial charge in [-0.15, -0.1) is 0 Å². The molecule has 126 valence electrons. The van der Waals surface area contributed by atoms with E-state index in [-0.39, 0.29) is 16.7 Å². The van der Waals surface area contributed by atoms with Gasteiger partial charge in [-0.2, -0.15) is 0 Å². The minimum atomic E-state index is 0.0957. The van der Waals surface area contributed by atoms with E-state index in [0.717, 1.165) is 37.9 Å². The summed E-state index contributed by atoms with van der Waals surface area (Å²) in [4.78, 5) is 11.9. The van der Waals surface area contributed by atoms with Crippen molar-refractivity contribution in [2.75, 3.05) is 6.54 Å². The highest BCUT2D eigenvalue weighted by Crippen LogP contribution is 2.63. The molecular formula is C19H28N2O2. The number of nitrogens with zero attached hydrogens (tertiary/aromatic N) is 1. The molecule has 0 spiro atoms. The number of carbonyl (C=O) groups excluding carboxylic acids is 1. The Balaban J connectivity index is 1.70. The Bertz CT molecular complexity index is 596. The zero-order valence-corrected chi connectivity index (χ0v) is 14.3. The van der Waals surface area contributed by atoms with E-state index in [1.807, 2.05) is 6.08 Å². The van der Waals surface area contributed by atoms with E-state index in [0.29, 0.717) is 17.8 Å². The summed E-state index contributed by atoms with van der Waals surface area (Å²) in [6.45, 7) is 5.51. The molecule has 4 nitrogen and oxygen atoms in total. The lowest BCUT2D eigenvalue weighted by atomic mass is 9.48. The van der Waals surface area contributed by atoms with Crippen molar-refractivity contribution in [1.29, 1.82) is 0 Å². The van der Waals surface area contributed by atoms with Gasteiger partial charge in [0.05, 0.1) is 5.71 Å². The van der Waals surface area contributed by atoms with E-state index >= 15 is 0 Å². The number of allylic oxidation sites excluding steroid dienone is 1. The van der Waals surface area contributed by atoms with Crippen molar-refractivity contribution in [2.24, 2.45) is 33.7 Å². The molecule has 4 aliphatic rings. The summed E-state index contributed by atoms with van der Waals surface area (Å²) < 4.78 is 0. The average molecular weight is 316 g/mol. The molecule has 0 saturated heterocycles. The SMILES string of the molecule is C[C@]12CCNC(=O)C=C1CC[C@@H]1[C@@H]2CC[C@]2(C)/C(=N/O)CC[C@@H]12. The van der Waals surface area contributed by atoms with E-state index in [1.165, 1.54) is 24.8 Å². The third-order valence-corrected chi connectivity index (χ3v) is 7.85. The number of hydrogen-bond donors (Lipinski definition) is 2. The number of oxime groups is 1. The fourth-order valence-corrected chi connectivity index (χ4v) is 6.52. The number of rotatable bonds is 0. The quantitative estimate of drug-likeness (QED) is 0.531. The first kappa shape index (κ1) is 15.2. The van der Waals surface area contributed by atoms with Crippen molar-refractivity contribution < 1.29 is 10.0 Å². The van der Waals surface area contributed by atoms with Crippen molar-refractivity contribution in [3.8, 4) is 0 Å². The molecule has 0 bridgehead atoms. The average Bonchev–Trinajstić information content (AvgIpc) is 2.78. The number of fused-ring (bicyclic) bond motifs is 5. The molecule has 3 saturated carbocycles. The molecule has 3 fully saturated rings. The highest BCUT2D eigenvalue weighted by Gasteiger charge is 2.58. The second-order valence-corrected chi connectivity index (χ2v) is 8.59. The third kappa shape index (κ3) is 2.03. The zero-order chi connectivity index (χ0) is 16.2. The summed E-state index contributed by atoms with van der Waals surface area (Å²) in [6, 6.07) is 0. The smallest absolute Gasteiger partial charge is 0.243 e. The molecule has 1 amide bonds. The van der Waals surface area contributed by atoms with Gasteiger partial charge in [0.2, 0.25) is 5.91 Å². The first-order valence-electron chi connectivity index (χ1n) is 9.19. The van der Waals surface area contributed by atoms with Crippen LogP contribution in [0.1, 0.15) is 58.8 Å².